The Kier molecular flexibility index (Phi) is 5.12. The minimum Gasteiger partial charge on any atom is -0.469 e. The Morgan fingerprint density at radius 2 is 2.11 bits per heavy atom. The zero-order chi connectivity index (χ0) is 13.8. The van der Waals surface area contributed by atoms with E-state index in [0.717, 1.165) is 0 Å². The molecule has 0 aromatic heterocycles. The van der Waals surface area contributed by atoms with Crippen LogP contribution in [0.25, 0.3) is 0 Å². The quantitative estimate of drug-likeness (QED) is 0.714. The smallest absolute Gasteiger partial charge is 0.305 e. The molecule has 6 nitrogen and oxygen atoms in total. The van der Waals surface area contributed by atoms with Crippen LogP contribution in [-0.4, -0.2) is 56.7 Å². The fourth-order valence-corrected chi connectivity index (χ4v) is 4.01. The van der Waals surface area contributed by atoms with E-state index in [4.69, 9.17) is 0 Å². The van der Waals surface area contributed by atoms with Crippen molar-refractivity contribution in [2.45, 2.75) is 32.2 Å². The molecule has 18 heavy (non-hydrogen) atoms. The molecule has 1 fully saturated rings. The fourth-order valence-electron chi connectivity index (χ4n) is 2.09. The predicted octanol–water partition coefficient (Wildman–Crippen LogP) is -0.0468. The molecule has 0 saturated carbocycles. The number of nitrogens with zero attached hydrogens (tertiary/aromatic N) is 1. The summed E-state index contributed by atoms with van der Waals surface area (Å²) in [4.78, 5) is 11.0. The van der Waals surface area contributed by atoms with Crippen LogP contribution in [0.1, 0.15) is 26.7 Å². The Morgan fingerprint density at radius 3 is 2.67 bits per heavy atom. The number of carbonyl (C=O) groups excluding carboxylic acids is 1. The van der Waals surface area contributed by atoms with E-state index in [-0.39, 0.29) is 18.1 Å². The number of nitrogens with one attached hydrogen (secondary N) is 1. The second kappa shape index (κ2) is 5.99. The first-order valence-electron chi connectivity index (χ1n) is 6.08. The number of methoxy groups -OCH3 is 1. The number of hydrogen-bond acceptors (Lipinski definition) is 5. The van der Waals surface area contributed by atoms with E-state index in [0.29, 0.717) is 26.1 Å². The molecule has 1 aliphatic heterocycles. The average Bonchev–Trinajstić information content (AvgIpc) is 2.27. The number of esters is 1. The molecular formula is C11H22N2O4S. The van der Waals surface area contributed by atoms with Crippen molar-refractivity contribution in [1.29, 1.82) is 0 Å². The summed E-state index contributed by atoms with van der Waals surface area (Å²) in [5.41, 5.74) is -0.414. The van der Waals surface area contributed by atoms with E-state index in [1.807, 2.05) is 13.8 Å². The standard InChI is InChI=1S/C11H22N2O4S/c1-11(2)9-12-6-7-13(11)18(15,16)8-4-5-10(14)17-3/h12H,4-9H2,1-3H3. The molecule has 1 aliphatic rings. The second-order valence-electron chi connectivity index (χ2n) is 5.06. The summed E-state index contributed by atoms with van der Waals surface area (Å²) >= 11 is 0. The highest BCUT2D eigenvalue weighted by atomic mass is 32.2. The first-order chi connectivity index (χ1) is 8.29. The largest absolute Gasteiger partial charge is 0.469 e. The van der Waals surface area contributed by atoms with Gasteiger partial charge in [-0.25, -0.2) is 8.42 Å². The molecule has 0 radical (unpaired) electrons. The predicted molar refractivity (Wildman–Crippen MR) is 68.7 cm³/mol. The van der Waals surface area contributed by atoms with Crippen molar-refractivity contribution in [2.75, 3.05) is 32.5 Å². The minimum atomic E-state index is -3.31. The van der Waals surface area contributed by atoms with E-state index in [9.17, 15) is 13.2 Å². The van der Waals surface area contributed by atoms with Crippen LogP contribution in [0, 0.1) is 0 Å². The molecule has 1 N–H and O–H groups in total. The maximum Gasteiger partial charge on any atom is 0.305 e. The van der Waals surface area contributed by atoms with E-state index < -0.39 is 15.6 Å². The third-order valence-electron chi connectivity index (χ3n) is 3.07. The molecule has 0 aromatic rings. The van der Waals surface area contributed by atoms with E-state index >= 15 is 0 Å². The van der Waals surface area contributed by atoms with Crippen LogP contribution in [0.4, 0.5) is 0 Å². The Morgan fingerprint density at radius 1 is 1.44 bits per heavy atom. The van der Waals surface area contributed by atoms with Gasteiger partial charge in [-0.3, -0.25) is 4.79 Å². The molecule has 0 aromatic carbocycles. The topological polar surface area (TPSA) is 75.7 Å². The normalized spacial score (nSPS) is 20.6. The first-order valence-corrected chi connectivity index (χ1v) is 7.68. The molecule has 0 bridgehead atoms. The van der Waals surface area contributed by atoms with Gasteiger partial charge in [0.2, 0.25) is 10.0 Å². The van der Waals surface area contributed by atoms with Gasteiger partial charge in [-0.05, 0) is 20.3 Å². The van der Waals surface area contributed by atoms with Crippen molar-refractivity contribution in [1.82, 2.24) is 9.62 Å². The molecule has 0 spiro atoms. The lowest BCUT2D eigenvalue weighted by atomic mass is 10.0. The zero-order valence-electron chi connectivity index (χ0n) is 11.2. The monoisotopic (exact) mass is 278 g/mol. The Balaban J connectivity index is 2.59. The molecular weight excluding hydrogens is 256 g/mol. The van der Waals surface area contributed by atoms with Crippen LogP contribution < -0.4 is 5.32 Å². The van der Waals surface area contributed by atoms with Gasteiger partial charge in [-0.1, -0.05) is 0 Å². The Bertz CT molecular complexity index is 392. The van der Waals surface area contributed by atoms with Crippen LogP contribution in [0.3, 0.4) is 0 Å². The zero-order valence-corrected chi connectivity index (χ0v) is 12.0. The maximum atomic E-state index is 12.2. The van der Waals surface area contributed by atoms with Crippen molar-refractivity contribution in [3.05, 3.63) is 0 Å². The molecule has 7 heteroatoms. The molecule has 0 atom stereocenters. The highest BCUT2D eigenvalue weighted by Crippen LogP contribution is 2.21. The maximum absolute atomic E-state index is 12.2. The minimum absolute atomic E-state index is 0.00840. The van der Waals surface area contributed by atoms with Gasteiger partial charge < -0.3 is 10.1 Å². The lowest BCUT2D eigenvalue weighted by Crippen LogP contribution is -2.60. The third kappa shape index (κ3) is 3.93. The van der Waals surface area contributed by atoms with Crippen LogP contribution in [-0.2, 0) is 19.6 Å². The van der Waals surface area contributed by atoms with Crippen LogP contribution >= 0.6 is 0 Å². The molecule has 1 heterocycles. The van der Waals surface area contributed by atoms with Gasteiger partial charge in [0.25, 0.3) is 0 Å². The number of rotatable bonds is 5. The summed E-state index contributed by atoms with van der Waals surface area (Å²) in [5.74, 6) is -0.379. The van der Waals surface area contributed by atoms with Gasteiger partial charge in [0, 0.05) is 31.6 Å². The lowest BCUT2D eigenvalue weighted by molar-refractivity contribution is -0.140. The summed E-state index contributed by atoms with van der Waals surface area (Å²) in [7, 11) is -2.01. The van der Waals surface area contributed by atoms with Gasteiger partial charge in [-0.15, -0.1) is 0 Å². The summed E-state index contributed by atoms with van der Waals surface area (Å²) < 4.78 is 30.5. The Labute approximate surface area is 109 Å². The van der Waals surface area contributed by atoms with Crippen molar-refractivity contribution in [2.24, 2.45) is 0 Å². The Hall–Kier alpha value is -0.660. The number of ether oxygens (including phenoxy) is 1. The lowest BCUT2D eigenvalue weighted by Gasteiger charge is -2.41. The number of hydrogen-bond donors (Lipinski definition) is 1. The van der Waals surface area contributed by atoms with Crippen LogP contribution in [0.15, 0.2) is 0 Å². The van der Waals surface area contributed by atoms with Crippen LogP contribution in [0.2, 0.25) is 0 Å². The second-order valence-corrected chi connectivity index (χ2v) is 7.07. The SMILES string of the molecule is COC(=O)CCCS(=O)(=O)N1CCNCC1(C)C. The highest BCUT2D eigenvalue weighted by Gasteiger charge is 2.37. The summed E-state index contributed by atoms with van der Waals surface area (Å²) in [6.07, 6.45) is 0.442. The van der Waals surface area contributed by atoms with Gasteiger partial charge in [0.05, 0.1) is 12.9 Å². The highest BCUT2D eigenvalue weighted by molar-refractivity contribution is 7.89. The number of sulfonamides is 1. The first kappa shape index (κ1) is 15.4. The fraction of sp³-hybridized carbons (Fsp3) is 0.909. The van der Waals surface area contributed by atoms with Gasteiger partial charge in [-0.2, -0.15) is 4.31 Å². The molecule has 0 unspecified atom stereocenters. The molecule has 106 valence electrons. The van der Waals surface area contributed by atoms with Crippen molar-refractivity contribution < 1.29 is 17.9 Å². The van der Waals surface area contributed by atoms with Crippen LogP contribution in [0.5, 0.6) is 0 Å². The third-order valence-corrected chi connectivity index (χ3v) is 5.22. The van der Waals surface area contributed by atoms with Gasteiger partial charge in [0.15, 0.2) is 0 Å². The molecule has 0 amide bonds. The molecule has 1 saturated heterocycles. The van der Waals surface area contributed by atoms with Gasteiger partial charge in [0.1, 0.15) is 0 Å². The van der Waals surface area contributed by atoms with Crippen molar-refractivity contribution in [3.63, 3.8) is 0 Å². The average molecular weight is 278 g/mol. The van der Waals surface area contributed by atoms with Gasteiger partial charge >= 0.3 is 5.97 Å². The van der Waals surface area contributed by atoms with E-state index in [1.54, 1.807) is 0 Å². The van der Waals surface area contributed by atoms with Crippen molar-refractivity contribution >= 4 is 16.0 Å². The number of carbonyl (C=O) groups is 1. The van der Waals surface area contributed by atoms with Crippen molar-refractivity contribution in [3.8, 4) is 0 Å². The molecule has 0 aliphatic carbocycles. The van der Waals surface area contributed by atoms with E-state index in [2.05, 4.69) is 10.1 Å². The molecule has 1 rings (SSSR count). The summed E-state index contributed by atoms with van der Waals surface area (Å²) in [6.45, 7) is 5.59. The summed E-state index contributed by atoms with van der Waals surface area (Å²) in [5, 5.41) is 3.18. The number of piperazine rings is 1. The van der Waals surface area contributed by atoms with E-state index in [1.165, 1.54) is 11.4 Å². The summed E-state index contributed by atoms with van der Waals surface area (Å²) in [6, 6.07) is 0.